The van der Waals surface area contributed by atoms with Gasteiger partial charge in [-0.25, -0.2) is 4.68 Å². The predicted molar refractivity (Wildman–Crippen MR) is 132 cm³/mol. The number of rotatable bonds is 12. The molecule has 0 saturated carbocycles. The van der Waals surface area contributed by atoms with E-state index < -0.39 is 0 Å². The highest BCUT2D eigenvalue weighted by Crippen LogP contribution is 2.14. The van der Waals surface area contributed by atoms with Gasteiger partial charge in [-0.1, -0.05) is 36.6 Å². The van der Waals surface area contributed by atoms with Crippen LogP contribution in [-0.2, 0) is 22.5 Å². The van der Waals surface area contributed by atoms with Gasteiger partial charge in [-0.05, 0) is 49.1 Å². The highest BCUT2D eigenvalue weighted by atomic mass is 16.5. The maximum atomic E-state index is 12.0. The Hall–Kier alpha value is -3.10. The Labute approximate surface area is 201 Å². The lowest BCUT2D eigenvalue weighted by Crippen LogP contribution is -2.35. The fourth-order valence-electron chi connectivity index (χ4n) is 4.09. The third-order valence-corrected chi connectivity index (χ3v) is 6.05. The Bertz CT molecular complexity index is 1000. The van der Waals surface area contributed by atoms with E-state index in [0.29, 0.717) is 6.42 Å². The number of hydrogen-bond acceptors (Lipinski definition) is 6. The van der Waals surface area contributed by atoms with E-state index in [1.165, 1.54) is 5.56 Å². The van der Waals surface area contributed by atoms with Crippen molar-refractivity contribution < 1.29 is 9.53 Å². The van der Waals surface area contributed by atoms with E-state index in [9.17, 15) is 4.79 Å². The molecule has 8 nitrogen and oxygen atoms in total. The maximum absolute atomic E-state index is 12.0. The fourth-order valence-corrected chi connectivity index (χ4v) is 4.09. The first kappa shape index (κ1) is 24.0. The molecular formula is C26H34N6O2. The van der Waals surface area contributed by atoms with Gasteiger partial charge >= 0.3 is 0 Å². The molecule has 0 aliphatic carbocycles. The summed E-state index contributed by atoms with van der Waals surface area (Å²) < 4.78 is 7.28. The van der Waals surface area contributed by atoms with Crippen LogP contribution in [0.15, 0.2) is 55.0 Å². The molecule has 4 rings (SSSR count). The van der Waals surface area contributed by atoms with Crippen LogP contribution in [0.25, 0.3) is 5.69 Å². The molecule has 3 aromatic rings. The van der Waals surface area contributed by atoms with Crippen LogP contribution in [0.5, 0.6) is 0 Å². The molecule has 1 aromatic carbocycles. The van der Waals surface area contributed by atoms with Crippen molar-refractivity contribution in [3.05, 3.63) is 66.2 Å². The van der Waals surface area contributed by atoms with E-state index in [-0.39, 0.29) is 5.91 Å². The average Bonchev–Trinajstić information content (AvgIpc) is 3.34. The summed E-state index contributed by atoms with van der Waals surface area (Å²) in [4.78, 5) is 18.3. The van der Waals surface area contributed by atoms with Crippen LogP contribution in [0.1, 0.15) is 49.8 Å². The van der Waals surface area contributed by atoms with Gasteiger partial charge in [0.1, 0.15) is 0 Å². The SMILES string of the molecule is O=C(CCCCCCCc1cn(-c2ccc(CN3CCOCC3)cc2)nn1)Nc1ccncc1. The van der Waals surface area contributed by atoms with Crippen molar-refractivity contribution in [2.45, 2.75) is 51.5 Å². The number of amides is 1. The number of nitrogens with zero attached hydrogens (tertiary/aromatic N) is 5. The summed E-state index contributed by atoms with van der Waals surface area (Å²) in [5, 5.41) is 11.5. The molecule has 1 aliphatic rings. The maximum Gasteiger partial charge on any atom is 0.224 e. The smallest absolute Gasteiger partial charge is 0.224 e. The minimum Gasteiger partial charge on any atom is -0.379 e. The molecule has 3 heterocycles. The fraction of sp³-hybridized carbons (Fsp3) is 0.462. The quantitative estimate of drug-likeness (QED) is 0.409. The van der Waals surface area contributed by atoms with E-state index in [0.717, 1.165) is 88.4 Å². The predicted octanol–water partition coefficient (Wildman–Crippen LogP) is 4.02. The first-order valence-corrected chi connectivity index (χ1v) is 12.3. The first-order valence-electron chi connectivity index (χ1n) is 12.3. The zero-order valence-electron chi connectivity index (χ0n) is 19.7. The lowest BCUT2D eigenvalue weighted by Gasteiger charge is -2.26. The lowest BCUT2D eigenvalue weighted by atomic mass is 10.1. The third-order valence-electron chi connectivity index (χ3n) is 6.05. The van der Waals surface area contributed by atoms with Gasteiger partial charge in [0.2, 0.25) is 5.91 Å². The molecule has 180 valence electrons. The summed E-state index contributed by atoms with van der Waals surface area (Å²) in [6.45, 7) is 4.60. The summed E-state index contributed by atoms with van der Waals surface area (Å²) in [6.07, 6.45) is 12.2. The van der Waals surface area contributed by atoms with Gasteiger partial charge in [-0.3, -0.25) is 14.7 Å². The number of carbonyl (C=O) groups is 1. The van der Waals surface area contributed by atoms with Gasteiger partial charge in [0, 0.05) is 44.1 Å². The summed E-state index contributed by atoms with van der Waals surface area (Å²) in [7, 11) is 0. The number of unbranched alkanes of at least 4 members (excludes halogenated alkanes) is 4. The number of morpholine rings is 1. The van der Waals surface area contributed by atoms with Gasteiger partial charge in [-0.2, -0.15) is 0 Å². The van der Waals surface area contributed by atoms with Crippen molar-refractivity contribution in [2.75, 3.05) is 31.6 Å². The summed E-state index contributed by atoms with van der Waals surface area (Å²) in [5.74, 6) is 0.0666. The van der Waals surface area contributed by atoms with E-state index in [1.807, 2.05) is 10.9 Å². The van der Waals surface area contributed by atoms with Crippen molar-refractivity contribution in [1.29, 1.82) is 0 Å². The Kier molecular flexibility index (Phi) is 9.16. The van der Waals surface area contributed by atoms with Crippen molar-refractivity contribution in [3.63, 3.8) is 0 Å². The van der Waals surface area contributed by atoms with Crippen LogP contribution in [-0.4, -0.2) is 57.1 Å². The van der Waals surface area contributed by atoms with Crippen molar-refractivity contribution in [1.82, 2.24) is 24.9 Å². The molecule has 34 heavy (non-hydrogen) atoms. The number of aromatic nitrogens is 4. The minimum absolute atomic E-state index is 0.0666. The molecule has 0 radical (unpaired) electrons. The molecule has 0 unspecified atom stereocenters. The minimum atomic E-state index is 0.0666. The number of nitrogens with one attached hydrogen (secondary N) is 1. The first-order chi connectivity index (χ1) is 16.8. The Morgan fingerprint density at radius 2 is 1.68 bits per heavy atom. The van der Waals surface area contributed by atoms with Crippen molar-refractivity contribution >= 4 is 11.6 Å². The number of ether oxygens (including phenoxy) is 1. The van der Waals surface area contributed by atoms with Gasteiger partial charge in [0.05, 0.1) is 30.8 Å². The monoisotopic (exact) mass is 462 g/mol. The molecule has 0 spiro atoms. The number of carbonyl (C=O) groups excluding carboxylic acids is 1. The van der Waals surface area contributed by atoms with E-state index >= 15 is 0 Å². The number of benzene rings is 1. The average molecular weight is 463 g/mol. The second-order valence-electron chi connectivity index (χ2n) is 8.76. The number of pyridine rings is 1. The normalized spacial score (nSPS) is 14.2. The standard InChI is InChI=1S/C26H34N6O2/c33-26(28-23-12-14-27-15-13-23)7-5-3-1-2-4-6-24-21-32(30-29-24)25-10-8-22(9-11-25)20-31-16-18-34-19-17-31/h8-15,21H,1-7,16-20H2,(H,27,28,33). The van der Waals surface area contributed by atoms with E-state index in [1.54, 1.807) is 24.5 Å². The number of hydrogen-bond donors (Lipinski definition) is 1. The third kappa shape index (κ3) is 7.74. The molecule has 1 saturated heterocycles. The molecule has 2 aromatic heterocycles. The molecule has 1 amide bonds. The van der Waals surface area contributed by atoms with Crippen LogP contribution in [0, 0.1) is 0 Å². The van der Waals surface area contributed by atoms with Crippen LogP contribution in [0.2, 0.25) is 0 Å². The second kappa shape index (κ2) is 13.0. The van der Waals surface area contributed by atoms with Crippen molar-refractivity contribution in [2.24, 2.45) is 0 Å². The van der Waals surface area contributed by atoms with Crippen LogP contribution in [0.4, 0.5) is 5.69 Å². The largest absolute Gasteiger partial charge is 0.379 e. The van der Waals surface area contributed by atoms with Gasteiger partial charge in [0.25, 0.3) is 0 Å². The molecule has 1 aliphatic heterocycles. The van der Waals surface area contributed by atoms with Crippen molar-refractivity contribution in [3.8, 4) is 5.69 Å². The van der Waals surface area contributed by atoms with Gasteiger partial charge in [-0.15, -0.1) is 5.10 Å². The number of aryl methyl sites for hydroxylation is 1. The topological polar surface area (TPSA) is 85.2 Å². The van der Waals surface area contributed by atoms with Gasteiger partial charge < -0.3 is 10.1 Å². The summed E-state index contributed by atoms with van der Waals surface area (Å²) in [6, 6.07) is 12.2. The Balaban J connectivity index is 1.10. The second-order valence-corrected chi connectivity index (χ2v) is 8.76. The van der Waals surface area contributed by atoms with Crippen LogP contribution in [0.3, 0.4) is 0 Å². The zero-order valence-corrected chi connectivity index (χ0v) is 19.7. The number of anilines is 1. The molecular weight excluding hydrogens is 428 g/mol. The lowest BCUT2D eigenvalue weighted by molar-refractivity contribution is -0.116. The highest BCUT2D eigenvalue weighted by Gasteiger charge is 2.11. The molecule has 0 bridgehead atoms. The van der Waals surface area contributed by atoms with Gasteiger partial charge in [0.15, 0.2) is 0 Å². The summed E-state index contributed by atoms with van der Waals surface area (Å²) in [5.41, 5.74) is 4.17. The molecule has 1 N–H and O–H groups in total. The molecule has 0 atom stereocenters. The summed E-state index contributed by atoms with van der Waals surface area (Å²) >= 11 is 0. The van der Waals surface area contributed by atoms with Crippen LogP contribution < -0.4 is 5.32 Å². The molecule has 8 heteroatoms. The van der Waals surface area contributed by atoms with E-state index in [2.05, 4.69) is 49.8 Å². The Morgan fingerprint density at radius 1 is 0.941 bits per heavy atom. The Morgan fingerprint density at radius 3 is 2.47 bits per heavy atom. The molecule has 1 fully saturated rings. The highest BCUT2D eigenvalue weighted by molar-refractivity contribution is 5.90. The van der Waals surface area contributed by atoms with E-state index in [4.69, 9.17) is 4.74 Å². The zero-order chi connectivity index (χ0) is 23.4. The van der Waals surface area contributed by atoms with Crippen LogP contribution >= 0.6 is 0 Å².